The van der Waals surface area contributed by atoms with Crippen LogP contribution in [0.2, 0.25) is 0 Å². The van der Waals surface area contributed by atoms with Gasteiger partial charge in [-0.15, -0.1) is 0 Å². The molecule has 1 aromatic rings. The number of aryl methyl sites for hydroxylation is 1. The molecular weight excluding hydrogens is 238 g/mol. The van der Waals surface area contributed by atoms with Crippen molar-refractivity contribution in [2.75, 3.05) is 25.0 Å². The van der Waals surface area contributed by atoms with Crippen LogP contribution in [0, 0.1) is 18.8 Å². The monoisotopic (exact) mass is 257 g/mol. The summed E-state index contributed by atoms with van der Waals surface area (Å²) in [5.41, 5.74) is 8.15. The molecule has 0 aliphatic carbocycles. The van der Waals surface area contributed by atoms with E-state index < -0.39 is 0 Å². The fraction of sp³-hybridized carbons (Fsp3) is 0.400. The molecule has 1 aliphatic rings. The van der Waals surface area contributed by atoms with Crippen LogP contribution in [0.15, 0.2) is 18.2 Å². The second kappa shape index (κ2) is 6.26. The zero-order chi connectivity index (χ0) is 13.7. The molecule has 2 rings (SSSR count). The Balaban J connectivity index is 2.10. The molecule has 2 amide bonds. The number of amides is 2. The van der Waals surface area contributed by atoms with Crippen molar-refractivity contribution in [1.29, 1.82) is 0 Å². The van der Waals surface area contributed by atoms with Crippen molar-refractivity contribution in [3.05, 3.63) is 29.3 Å². The van der Waals surface area contributed by atoms with Crippen LogP contribution < -0.4 is 11.1 Å². The fourth-order valence-corrected chi connectivity index (χ4v) is 2.10. The summed E-state index contributed by atoms with van der Waals surface area (Å²) in [7, 11) is 0. The Bertz CT molecular complexity index is 522. The van der Waals surface area contributed by atoms with Crippen molar-refractivity contribution in [1.82, 2.24) is 4.90 Å². The molecule has 1 saturated heterocycles. The van der Waals surface area contributed by atoms with E-state index in [1.165, 1.54) is 0 Å². The van der Waals surface area contributed by atoms with Crippen LogP contribution in [-0.4, -0.2) is 30.6 Å². The van der Waals surface area contributed by atoms with Crippen LogP contribution in [0.3, 0.4) is 0 Å². The Kier molecular flexibility index (Phi) is 4.43. The van der Waals surface area contributed by atoms with Gasteiger partial charge in [0.05, 0.1) is 6.54 Å². The highest BCUT2D eigenvalue weighted by Gasteiger charge is 2.17. The summed E-state index contributed by atoms with van der Waals surface area (Å²) >= 11 is 0. The van der Waals surface area contributed by atoms with Crippen molar-refractivity contribution in [2.45, 2.75) is 19.8 Å². The minimum Gasteiger partial charge on any atom is -0.325 e. The van der Waals surface area contributed by atoms with E-state index in [4.69, 9.17) is 5.73 Å². The van der Waals surface area contributed by atoms with Gasteiger partial charge >= 0.3 is 6.03 Å². The van der Waals surface area contributed by atoms with Gasteiger partial charge in [0.1, 0.15) is 0 Å². The van der Waals surface area contributed by atoms with Gasteiger partial charge in [-0.2, -0.15) is 0 Å². The van der Waals surface area contributed by atoms with E-state index in [-0.39, 0.29) is 6.03 Å². The van der Waals surface area contributed by atoms with Gasteiger partial charge < -0.3 is 16.0 Å². The first-order valence-corrected chi connectivity index (χ1v) is 6.56. The first-order valence-electron chi connectivity index (χ1n) is 6.56. The summed E-state index contributed by atoms with van der Waals surface area (Å²) in [6.07, 6.45) is 2.18. The van der Waals surface area contributed by atoms with Crippen LogP contribution in [0.1, 0.15) is 24.0 Å². The third-order valence-electron chi connectivity index (χ3n) is 3.21. The number of hydrogen-bond donors (Lipinski definition) is 2. The Labute approximate surface area is 114 Å². The Morgan fingerprint density at radius 1 is 1.42 bits per heavy atom. The molecule has 0 spiro atoms. The minimum atomic E-state index is -0.0286. The lowest BCUT2D eigenvalue weighted by molar-refractivity contribution is 0.222. The lowest BCUT2D eigenvalue weighted by atomic mass is 10.1. The topological polar surface area (TPSA) is 58.4 Å². The standard InChI is InChI=1S/C15H19N3O/c1-12-6-7-14(11-13(12)5-4-8-16)17-15(19)18-9-2-3-10-18/h6-7,11H,2-3,8-10,16H2,1H3,(H,17,19). The van der Waals surface area contributed by atoms with Gasteiger partial charge in [0.25, 0.3) is 0 Å². The predicted octanol–water partition coefficient (Wildman–Crippen LogP) is 1.93. The van der Waals surface area contributed by atoms with Gasteiger partial charge in [-0.1, -0.05) is 17.9 Å². The number of carbonyl (C=O) groups excluding carboxylic acids is 1. The summed E-state index contributed by atoms with van der Waals surface area (Å²) in [6, 6.07) is 5.72. The second-order valence-electron chi connectivity index (χ2n) is 4.66. The van der Waals surface area contributed by atoms with Crippen LogP contribution in [0.4, 0.5) is 10.5 Å². The van der Waals surface area contributed by atoms with Crippen LogP contribution >= 0.6 is 0 Å². The summed E-state index contributed by atoms with van der Waals surface area (Å²) in [5.74, 6) is 5.85. The quantitative estimate of drug-likeness (QED) is 0.755. The maximum Gasteiger partial charge on any atom is 0.321 e. The number of nitrogens with two attached hydrogens (primary N) is 1. The molecule has 19 heavy (non-hydrogen) atoms. The van der Waals surface area contributed by atoms with E-state index in [1.807, 2.05) is 30.0 Å². The summed E-state index contributed by atoms with van der Waals surface area (Å²) in [4.78, 5) is 13.8. The molecule has 1 aliphatic heterocycles. The van der Waals surface area contributed by atoms with Gasteiger partial charge in [0, 0.05) is 24.3 Å². The predicted molar refractivity (Wildman–Crippen MR) is 76.9 cm³/mol. The van der Waals surface area contributed by atoms with Crippen molar-refractivity contribution in [3.63, 3.8) is 0 Å². The molecule has 1 fully saturated rings. The zero-order valence-corrected chi connectivity index (χ0v) is 11.2. The highest BCUT2D eigenvalue weighted by molar-refractivity contribution is 5.89. The molecule has 1 aromatic carbocycles. The van der Waals surface area contributed by atoms with E-state index in [9.17, 15) is 4.79 Å². The molecule has 0 aromatic heterocycles. The molecule has 3 N–H and O–H groups in total. The maximum atomic E-state index is 12.0. The summed E-state index contributed by atoms with van der Waals surface area (Å²) in [5, 5.41) is 2.92. The minimum absolute atomic E-state index is 0.0286. The molecule has 0 atom stereocenters. The third-order valence-corrected chi connectivity index (χ3v) is 3.21. The fourth-order valence-electron chi connectivity index (χ4n) is 2.10. The molecule has 0 saturated carbocycles. The molecule has 4 nitrogen and oxygen atoms in total. The summed E-state index contributed by atoms with van der Waals surface area (Å²) < 4.78 is 0. The highest BCUT2D eigenvalue weighted by atomic mass is 16.2. The lowest BCUT2D eigenvalue weighted by Gasteiger charge is -2.16. The van der Waals surface area contributed by atoms with Crippen molar-refractivity contribution in [2.24, 2.45) is 5.73 Å². The van der Waals surface area contributed by atoms with E-state index >= 15 is 0 Å². The lowest BCUT2D eigenvalue weighted by Crippen LogP contribution is -2.32. The van der Waals surface area contributed by atoms with Crippen molar-refractivity contribution in [3.8, 4) is 11.8 Å². The van der Waals surface area contributed by atoms with E-state index in [0.717, 1.165) is 42.7 Å². The zero-order valence-electron chi connectivity index (χ0n) is 11.2. The number of urea groups is 1. The molecule has 0 radical (unpaired) electrons. The molecule has 0 unspecified atom stereocenters. The van der Waals surface area contributed by atoms with Crippen LogP contribution in [0.25, 0.3) is 0 Å². The number of nitrogens with one attached hydrogen (secondary N) is 1. The van der Waals surface area contributed by atoms with Gasteiger partial charge in [-0.25, -0.2) is 4.79 Å². The number of anilines is 1. The number of hydrogen-bond acceptors (Lipinski definition) is 2. The Morgan fingerprint density at radius 3 is 2.84 bits per heavy atom. The first-order chi connectivity index (χ1) is 9.20. The SMILES string of the molecule is Cc1ccc(NC(=O)N2CCCC2)cc1C#CCN. The maximum absolute atomic E-state index is 12.0. The number of rotatable bonds is 1. The van der Waals surface area contributed by atoms with Gasteiger partial charge in [-0.3, -0.25) is 0 Å². The second-order valence-corrected chi connectivity index (χ2v) is 4.66. The summed E-state index contributed by atoms with van der Waals surface area (Å²) in [6.45, 7) is 4.02. The van der Waals surface area contributed by atoms with Crippen LogP contribution in [-0.2, 0) is 0 Å². The molecular formula is C15H19N3O. The van der Waals surface area contributed by atoms with E-state index in [0.29, 0.717) is 6.54 Å². The largest absolute Gasteiger partial charge is 0.325 e. The molecule has 100 valence electrons. The van der Waals surface area contributed by atoms with Crippen molar-refractivity contribution >= 4 is 11.7 Å². The molecule has 0 bridgehead atoms. The third kappa shape index (κ3) is 3.49. The van der Waals surface area contributed by atoms with E-state index in [1.54, 1.807) is 0 Å². The van der Waals surface area contributed by atoms with Crippen LogP contribution in [0.5, 0.6) is 0 Å². The van der Waals surface area contributed by atoms with Crippen molar-refractivity contribution < 1.29 is 4.79 Å². The number of likely N-dealkylation sites (tertiary alicyclic amines) is 1. The Hall–Kier alpha value is -1.99. The highest BCUT2D eigenvalue weighted by Crippen LogP contribution is 2.16. The average molecular weight is 257 g/mol. The average Bonchev–Trinajstić information content (AvgIpc) is 2.93. The normalized spacial score (nSPS) is 13.9. The van der Waals surface area contributed by atoms with Gasteiger partial charge in [-0.05, 0) is 37.5 Å². The number of benzene rings is 1. The van der Waals surface area contributed by atoms with Gasteiger partial charge in [0.2, 0.25) is 0 Å². The number of nitrogens with zero attached hydrogens (tertiary/aromatic N) is 1. The Morgan fingerprint density at radius 2 is 2.16 bits per heavy atom. The van der Waals surface area contributed by atoms with E-state index in [2.05, 4.69) is 17.2 Å². The smallest absolute Gasteiger partial charge is 0.321 e. The number of carbonyl (C=O) groups is 1. The van der Waals surface area contributed by atoms with Gasteiger partial charge in [0.15, 0.2) is 0 Å². The molecule has 4 heteroatoms. The molecule has 1 heterocycles. The first kappa shape index (κ1) is 13.4.